The minimum atomic E-state index is 0.550. The molecule has 1 aromatic rings. The Morgan fingerprint density at radius 3 is 2.62 bits per heavy atom. The average Bonchev–Trinajstić information content (AvgIpc) is 2.73. The van der Waals surface area contributed by atoms with Gasteiger partial charge in [0.1, 0.15) is 0 Å². The number of thiazole rings is 1. The van der Waals surface area contributed by atoms with Gasteiger partial charge < -0.3 is 10.2 Å². The zero-order valence-electron chi connectivity index (χ0n) is 10.9. The van der Waals surface area contributed by atoms with Crippen LogP contribution in [0, 0.1) is 5.92 Å². The van der Waals surface area contributed by atoms with E-state index in [0.717, 1.165) is 17.4 Å². The van der Waals surface area contributed by atoms with Crippen LogP contribution in [-0.2, 0) is 6.54 Å². The Hall–Kier alpha value is -0.610. The third kappa shape index (κ3) is 3.76. The summed E-state index contributed by atoms with van der Waals surface area (Å²) in [4.78, 5) is 6.60. The van der Waals surface area contributed by atoms with E-state index in [-0.39, 0.29) is 0 Å². The molecule has 1 N–H and O–H groups in total. The Morgan fingerprint density at radius 2 is 2.12 bits per heavy atom. The van der Waals surface area contributed by atoms with Gasteiger partial charge in [0.25, 0.3) is 0 Å². The second-order valence-electron chi connectivity index (χ2n) is 4.57. The van der Waals surface area contributed by atoms with Gasteiger partial charge in [-0.25, -0.2) is 4.98 Å². The zero-order valence-corrected chi connectivity index (χ0v) is 11.8. The summed E-state index contributed by atoms with van der Waals surface area (Å²) in [6.45, 7) is 7.63. The van der Waals surface area contributed by atoms with Crippen molar-refractivity contribution in [2.45, 2.75) is 39.8 Å². The molecule has 16 heavy (non-hydrogen) atoms. The maximum absolute atomic E-state index is 4.55. The molecule has 0 aromatic carbocycles. The van der Waals surface area contributed by atoms with Crippen LogP contribution in [0.3, 0.4) is 0 Å². The maximum atomic E-state index is 4.55. The Balaban J connectivity index is 2.42. The molecule has 0 aliphatic heterocycles. The molecule has 1 aromatic heterocycles. The molecule has 0 aliphatic rings. The van der Waals surface area contributed by atoms with Crippen LogP contribution in [0.1, 0.15) is 32.9 Å². The maximum Gasteiger partial charge on any atom is 0.185 e. The molecule has 1 heterocycles. The van der Waals surface area contributed by atoms with E-state index in [1.807, 2.05) is 19.0 Å². The highest BCUT2D eigenvalue weighted by molar-refractivity contribution is 7.13. The van der Waals surface area contributed by atoms with Crippen LogP contribution in [0.5, 0.6) is 0 Å². The van der Waals surface area contributed by atoms with Crippen LogP contribution in [0.15, 0.2) is 5.38 Å². The Labute approximate surface area is 103 Å². The number of nitrogens with zero attached hydrogens (tertiary/aromatic N) is 2. The summed E-state index contributed by atoms with van der Waals surface area (Å²) in [5, 5.41) is 6.73. The zero-order chi connectivity index (χ0) is 12.1. The van der Waals surface area contributed by atoms with Crippen LogP contribution < -0.4 is 10.2 Å². The largest absolute Gasteiger partial charge is 0.354 e. The highest BCUT2D eigenvalue weighted by atomic mass is 32.1. The number of hydrogen-bond acceptors (Lipinski definition) is 4. The lowest BCUT2D eigenvalue weighted by Gasteiger charge is -2.19. The van der Waals surface area contributed by atoms with Crippen molar-refractivity contribution in [2.24, 2.45) is 5.92 Å². The number of hydrogen-bond donors (Lipinski definition) is 1. The van der Waals surface area contributed by atoms with E-state index in [1.165, 1.54) is 6.42 Å². The molecule has 0 fully saturated rings. The molecular weight excluding hydrogens is 218 g/mol. The van der Waals surface area contributed by atoms with Gasteiger partial charge in [0.05, 0.1) is 5.69 Å². The van der Waals surface area contributed by atoms with E-state index in [2.05, 4.69) is 36.5 Å². The van der Waals surface area contributed by atoms with Gasteiger partial charge in [0.15, 0.2) is 5.13 Å². The second kappa shape index (κ2) is 6.21. The fraction of sp³-hybridized carbons (Fsp3) is 0.750. The van der Waals surface area contributed by atoms with Gasteiger partial charge in [-0.3, -0.25) is 0 Å². The standard InChI is InChI=1S/C12H23N3S/c1-6-9(2)10(3)13-7-11-8-16-12(14-11)15(4)5/h8-10,13H,6-7H2,1-5H3. The fourth-order valence-electron chi connectivity index (χ4n) is 1.40. The minimum absolute atomic E-state index is 0.550. The minimum Gasteiger partial charge on any atom is -0.354 e. The molecular formula is C12H23N3S. The van der Waals surface area contributed by atoms with Crippen LogP contribution >= 0.6 is 11.3 Å². The quantitative estimate of drug-likeness (QED) is 0.830. The molecule has 0 bridgehead atoms. The summed E-state index contributed by atoms with van der Waals surface area (Å²) in [6, 6.07) is 0.550. The fourth-order valence-corrected chi connectivity index (χ4v) is 2.16. The molecule has 92 valence electrons. The monoisotopic (exact) mass is 241 g/mol. The molecule has 2 atom stereocenters. The van der Waals surface area contributed by atoms with Gasteiger partial charge >= 0.3 is 0 Å². The highest BCUT2D eigenvalue weighted by Crippen LogP contribution is 2.18. The van der Waals surface area contributed by atoms with Crippen molar-refractivity contribution in [3.63, 3.8) is 0 Å². The first-order valence-electron chi connectivity index (χ1n) is 5.89. The first-order chi connectivity index (χ1) is 7.54. The summed E-state index contributed by atoms with van der Waals surface area (Å²) in [5.74, 6) is 0.715. The third-order valence-corrected chi connectivity index (χ3v) is 4.08. The summed E-state index contributed by atoms with van der Waals surface area (Å²) < 4.78 is 0. The lowest BCUT2D eigenvalue weighted by molar-refractivity contribution is 0.388. The van der Waals surface area contributed by atoms with Gasteiger partial charge in [-0.1, -0.05) is 20.3 Å². The normalized spacial score (nSPS) is 14.8. The molecule has 0 radical (unpaired) electrons. The predicted molar refractivity (Wildman–Crippen MR) is 72.2 cm³/mol. The summed E-state index contributed by atoms with van der Waals surface area (Å²) in [7, 11) is 4.05. The van der Waals surface area contributed by atoms with Gasteiger partial charge in [0, 0.05) is 32.1 Å². The van der Waals surface area contributed by atoms with Gasteiger partial charge in [-0.2, -0.15) is 0 Å². The van der Waals surface area contributed by atoms with Crippen molar-refractivity contribution < 1.29 is 0 Å². The van der Waals surface area contributed by atoms with Crippen molar-refractivity contribution in [2.75, 3.05) is 19.0 Å². The molecule has 0 aliphatic carbocycles. The molecule has 0 saturated carbocycles. The molecule has 4 heteroatoms. The summed E-state index contributed by atoms with van der Waals surface area (Å²) in [6.07, 6.45) is 1.22. The number of nitrogens with one attached hydrogen (secondary N) is 1. The van der Waals surface area contributed by atoms with Crippen molar-refractivity contribution in [3.8, 4) is 0 Å². The lowest BCUT2D eigenvalue weighted by Crippen LogP contribution is -2.31. The van der Waals surface area contributed by atoms with Gasteiger partial charge in [-0.05, 0) is 12.8 Å². The smallest absolute Gasteiger partial charge is 0.185 e. The molecule has 2 unspecified atom stereocenters. The van der Waals surface area contributed by atoms with Crippen molar-refractivity contribution >= 4 is 16.5 Å². The molecule has 0 amide bonds. The number of aromatic nitrogens is 1. The third-order valence-electron chi connectivity index (χ3n) is 3.02. The lowest BCUT2D eigenvalue weighted by atomic mass is 10.0. The average molecular weight is 241 g/mol. The highest BCUT2D eigenvalue weighted by Gasteiger charge is 2.10. The Morgan fingerprint density at radius 1 is 1.44 bits per heavy atom. The Kier molecular flexibility index (Phi) is 5.22. The van der Waals surface area contributed by atoms with E-state index >= 15 is 0 Å². The van der Waals surface area contributed by atoms with Crippen LogP contribution in [0.4, 0.5) is 5.13 Å². The van der Waals surface area contributed by atoms with Crippen molar-refractivity contribution in [1.82, 2.24) is 10.3 Å². The first-order valence-corrected chi connectivity index (χ1v) is 6.77. The van der Waals surface area contributed by atoms with Gasteiger partial charge in [-0.15, -0.1) is 11.3 Å². The SMILES string of the molecule is CCC(C)C(C)NCc1csc(N(C)C)n1. The molecule has 1 rings (SSSR count). The second-order valence-corrected chi connectivity index (χ2v) is 5.41. The van der Waals surface area contributed by atoms with Crippen LogP contribution in [0.25, 0.3) is 0 Å². The number of rotatable bonds is 6. The predicted octanol–water partition coefficient (Wildman–Crippen LogP) is 2.73. The molecule has 0 saturated heterocycles. The van der Waals surface area contributed by atoms with E-state index in [1.54, 1.807) is 11.3 Å². The van der Waals surface area contributed by atoms with E-state index in [4.69, 9.17) is 0 Å². The molecule has 3 nitrogen and oxygen atoms in total. The van der Waals surface area contributed by atoms with E-state index in [0.29, 0.717) is 12.0 Å². The Bertz CT molecular complexity index is 309. The summed E-state index contributed by atoms with van der Waals surface area (Å²) >= 11 is 1.70. The van der Waals surface area contributed by atoms with Gasteiger partial charge in [0.2, 0.25) is 0 Å². The number of anilines is 1. The topological polar surface area (TPSA) is 28.2 Å². The van der Waals surface area contributed by atoms with E-state index < -0.39 is 0 Å². The first kappa shape index (κ1) is 13.5. The summed E-state index contributed by atoms with van der Waals surface area (Å²) in [5.41, 5.74) is 1.14. The van der Waals surface area contributed by atoms with Crippen molar-refractivity contribution in [1.29, 1.82) is 0 Å². The molecule has 0 spiro atoms. The van der Waals surface area contributed by atoms with Crippen LogP contribution in [-0.4, -0.2) is 25.1 Å². The van der Waals surface area contributed by atoms with Crippen LogP contribution in [0.2, 0.25) is 0 Å². The van der Waals surface area contributed by atoms with E-state index in [9.17, 15) is 0 Å². The van der Waals surface area contributed by atoms with Crippen molar-refractivity contribution in [3.05, 3.63) is 11.1 Å².